The Kier molecular flexibility index (Phi) is 9.98. The van der Waals surface area contributed by atoms with Gasteiger partial charge in [-0.05, 0) is 49.4 Å². The van der Waals surface area contributed by atoms with Gasteiger partial charge < -0.3 is 31.4 Å². The third kappa shape index (κ3) is 7.65. The van der Waals surface area contributed by atoms with E-state index in [9.17, 15) is 19.2 Å². The lowest BCUT2D eigenvalue weighted by molar-refractivity contribution is -0.139. The second-order valence-corrected chi connectivity index (χ2v) is 10.0. The van der Waals surface area contributed by atoms with Crippen LogP contribution < -0.4 is 21.7 Å². The van der Waals surface area contributed by atoms with Gasteiger partial charge in [0.25, 0.3) is 0 Å². The third-order valence-electron chi connectivity index (χ3n) is 7.16. The van der Waals surface area contributed by atoms with Crippen LogP contribution in [0.5, 0.6) is 0 Å². The molecule has 2 aromatic carbocycles. The molecule has 214 valence electrons. The molecule has 11 nitrogen and oxygen atoms in total. The summed E-state index contributed by atoms with van der Waals surface area (Å²) in [4.78, 5) is 56.8. The Balaban J connectivity index is 1.52. The first kappa shape index (κ1) is 29.2. The fourth-order valence-corrected chi connectivity index (χ4v) is 5.08. The molecular weight excluding hydrogens is 522 g/mol. The number of amides is 2. The molecular formula is C30H35N7O4. The number of nitrogens with two attached hydrogens (primary N) is 1. The highest BCUT2D eigenvalue weighted by Crippen LogP contribution is 2.23. The van der Waals surface area contributed by atoms with Gasteiger partial charge in [-0.3, -0.25) is 19.8 Å². The molecule has 41 heavy (non-hydrogen) atoms. The molecule has 3 atom stereocenters. The van der Waals surface area contributed by atoms with Crippen molar-refractivity contribution in [3.8, 4) is 0 Å². The van der Waals surface area contributed by atoms with Crippen LogP contribution >= 0.6 is 0 Å². The predicted molar refractivity (Wildman–Crippen MR) is 157 cm³/mol. The number of pyridine rings is 1. The smallest absolute Gasteiger partial charge is 0.246 e. The average molecular weight is 558 g/mol. The van der Waals surface area contributed by atoms with Crippen molar-refractivity contribution < 1.29 is 19.2 Å². The van der Waals surface area contributed by atoms with Crippen molar-refractivity contribution in [2.45, 2.75) is 50.2 Å². The summed E-state index contributed by atoms with van der Waals surface area (Å²) in [6, 6.07) is 16.2. The predicted octanol–water partition coefficient (Wildman–Crippen LogP) is 2.01. The van der Waals surface area contributed by atoms with E-state index in [1.807, 2.05) is 42.5 Å². The van der Waals surface area contributed by atoms with E-state index in [4.69, 9.17) is 11.1 Å². The molecule has 1 aliphatic rings. The number of para-hydroxylation sites is 1. The van der Waals surface area contributed by atoms with Crippen molar-refractivity contribution in [3.63, 3.8) is 0 Å². The van der Waals surface area contributed by atoms with Gasteiger partial charge in [0.2, 0.25) is 11.8 Å². The minimum Gasteiger partial charge on any atom is -0.370 e. The number of hydrogen-bond donors (Lipinski definition) is 5. The fraction of sp³-hybridized carbons (Fsp3) is 0.333. The van der Waals surface area contributed by atoms with Gasteiger partial charge in [0.1, 0.15) is 30.5 Å². The zero-order valence-corrected chi connectivity index (χ0v) is 22.7. The molecule has 11 heteroatoms. The summed E-state index contributed by atoms with van der Waals surface area (Å²) in [6.07, 6.45) is 3.67. The Morgan fingerprint density at radius 3 is 2.66 bits per heavy atom. The molecule has 2 heterocycles. The number of carbonyl (C=O) groups excluding carboxylic acids is 4. The summed E-state index contributed by atoms with van der Waals surface area (Å²) < 4.78 is 0. The SMILES string of the molecule is N=C(N)NCCC[C@@H](C=O)NC(=O)[C@@H]1CCCN1C(=O)[C@@H](Cc1ccccc1C=O)Nc1ccc2ccccc2n1. The summed E-state index contributed by atoms with van der Waals surface area (Å²) in [5, 5.41) is 16.9. The second-order valence-electron chi connectivity index (χ2n) is 10.0. The van der Waals surface area contributed by atoms with Gasteiger partial charge in [0.05, 0.1) is 11.6 Å². The lowest BCUT2D eigenvalue weighted by Crippen LogP contribution is -2.53. The second kappa shape index (κ2) is 14.0. The maximum Gasteiger partial charge on any atom is 0.246 e. The zero-order chi connectivity index (χ0) is 29.2. The topological polar surface area (TPSA) is 170 Å². The van der Waals surface area contributed by atoms with Crippen LogP contribution in [-0.4, -0.2) is 71.4 Å². The number of aldehydes is 2. The Bertz CT molecular complexity index is 1410. The van der Waals surface area contributed by atoms with Gasteiger partial charge in [0, 0.05) is 30.5 Å². The van der Waals surface area contributed by atoms with Crippen molar-refractivity contribution in [3.05, 3.63) is 71.8 Å². The van der Waals surface area contributed by atoms with E-state index >= 15 is 0 Å². The van der Waals surface area contributed by atoms with Crippen molar-refractivity contribution in [1.82, 2.24) is 20.5 Å². The lowest BCUT2D eigenvalue weighted by Gasteiger charge is -2.30. The molecule has 0 bridgehead atoms. The van der Waals surface area contributed by atoms with Gasteiger partial charge >= 0.3 is 0 Å². The number of anilines is 1. The van der Waals surface area contributed by atoms with E-state index in [2.05, 4.69) is 20.9 Å². The highest BCUT2D eigenvalue weighted by Gasteiger charge is 2.38. The van der Waals surface area contributed by atoms with Gasteiger partial charge in [-0.2, -0.15) is 0 Å². The number of nitrogens with one attached hydrogen (secondary N) is 4. The summed E-state index contributed by atoms with van der Waals surface area (Å²) in [5.41, 5.74) is 7.24. The largest absolute Gasteiger partial charge is 0.370 e. The van der Waals surface area contributed by atoms with Crippen LogP contribution in [0.2, 0.25) is 0 Å². The quantitative estimate of drug-likeness (QED) is 0.0919. The number of guanidine groups is 1. The summed E-state index contributed by atoms with van der Waals surface area (Å²) in [6.45, 7) is 0.797. The minimum absolute atomic E-state index is 0.158. The van der Waals surface area contributed by atoms with Gasteiger partial charge in [-0.25, -0.2) is 4.98 Å². The average Bonchev–Trinajstić information content (AvgIpc) is 3.48. The van der Waals surface area contributed by atoms with Crippen LogP contribution in [0.1, 0.15) is 41.6 Å². The van der Waals surface area contributed by atoms with Crippen LogP contribution in [0.15, 0.2) is 60.7 Å². The maximum absolute atomic E-state index is 14.0. The number of hydrogen-bond acceptors (Lipinski definition) is 7. The van der Waals surface area contributed by atoms with Crippen LogP contribution in [0.25, 0.3) is 10.9 Å². The minimum atomic E-state index is -0.794. The van der Waals surface area contributed by atoms with E-state index in [0.717, 1.165) is 17.2 Å². The van der Waals surface area contributed by atoms with Gasteiger partial charge in [-0.1, -0.05) is 42.5 Å². The summed E-state index contributed by atoms with van der Waals surface area (Å²) in [7, 11) is 0. The van der Waals surface area contributed by atoms with E-state index in [1.54, 1.807) is 23.1 Å². The Labute approximate surface area is 238 Å². The van der Waals surface area contributed by atoms with E-state index in [1.165, 1.54) is 0 Å². The number of fused-ring (bicyclic) bond motifs is 1. The molecule has 0 radical (unpaired) electrons. The molecule has 1 aromatic heterocycles. The zero-order valence-electron chi connectivity index (χ0n) is 22.7. The molecule has 0 aliphatic carbocycles. The summed E-state index contributed by atoms with van der Waals surface area (Å²) >= 11 is 0. The summed E-state index contributed by atoms with van der Waals surface area (Å²) in [5.74, 6) is -0.324. The molecule has 0 saturated carbocycles. The molecule has 1 saturated heterocycles. The number of nitrogens with zero attached hydrogens (tertiary/aromatic N) is 2. The first-order valence-corrected chi connectivity index (χ1v) is 13.7. The molecule has 1 aliphatic heterocycles. The standard InChI is InChI=1S/C30H35N7O4/c31-30(32)33-15-5-10-23(19-39)34-28(40)26-12-6-16-37(26)29(41)25(17-21-8-1-2-9-22(21)18-38)36-27-14-13-20-7-3-4-11-24(20)35-27/h1-4,7-9,11,13-14,18-19,23,25-26H,5-6,10,12,15-17H2,(H,34,40)(H,35,36)(H4,31,32,33)/t23-,25+,26-/m0/s1. The Hall–Kier alpha value is -4.80. The first-order chi connectivity index (χ1) is 19.9. The van der Waals surface area contributed by atoms with Gasteiger partial charge in [-0.15, -0.1) is 0 Å². The van der Waals surface area contributed by atoms with Crippen molar-refractivity contribution in [1.29, 1.82) is 5.41 Å². The third-order valence-corrected chi connectivity index (χ3v) is 7.16. The van der Waals surface area contributed by atoms with Crippen molar-refractivity contribution in [2.75, 3.05) is 18.4 Å². The number of carbonyl (C=O) groups is 4. The molecule has 3 aromatic rings. The van der Waals surface area contributed by atoms with Crippen molar-refractivity contribution >= 4 is 47.1 Å². The highest BCUT2D eigenvalue weighted by molar-refractivity contribution is 5.93. The Morgan fingerprint density at radius 1 is 1.10 bits per heavy atom. The van der Waals surface area contributed by atoms with Crippen molar-refractivity contribution in [2.24, 2.45) is 5.73 Å². The van der Waals surface area contributed by atoms with E-state index in [0.29, 0.717) is 62.0 Å². The number of aromatic nitrogens is 1. The van der Waals surface area contributed by atoms with E-state index < -0.39 is 18.1 Å². The molecule has 6 N–H and O–H groups in total. The van der Waals surface area contributed by atoms with Crippen LogP contribution in [0, 0.1) is 5.41 Å². The van der Waals surface area contributed by atoms with Gasteiger partial charge in [0.15, 0.2) is 5.96 Å². The number of benzene rings is 2. The normalized spacial score (nSPS) is 16.0. The monoisotopic (exact) mass is 557 g/mol. The molecule has 2 amide bonds. The Morgan fingerprint density at radius 2 is 1.88 bits per heavy atom. The van der Waals surface area contributed by atoms with Crippen LogP contribution in [0.4, 0.5) is 5.82 Å². The lowest BCUT2D eigenvalue weighted by atomic mass is 9.99. The first-order valence-electron chi connectivity index (χ1n) is 13.7. The molecule has 0 unspecified atom stereocenters. The molecule has 4 rings (SSSR count). The molecule has 1 fully saturated rings. The number of rotatable bonds is 13. The maximum atomic E-state index is 14.0. The van der Waals surface area contributed by atoms with Crippen LogP contribution in [0.3, 0.4) is 0 Å². The van der Waals surface area contributed by atoms with Crippen LogP contribution in [-0.2, 0) is 20.8 Å². The fourth-order valence-electron chi connectivity index (χ4n) is 5.08. The molecule has 0 spiro atoms. The van der Waals surface area contributed by atoms with E-state index in [-0.39, 0.29) is 24.2 Å². The number of likely N-dealkylation sites (tertiary alicyclic amines) is 1. The highest BCUT2D eigenvalue weighted by atomic mass is 16.2.